The van der Waals surface area contributed by atoms with Crippen LogP contribution in [-0.2, 0) is 7.05 Å². The molecule has 0 unspecified atom stereocenters. The van der Waals surface area contributed by atoms with Crippen LogP contribution >= 0.6 is 11.6 Å². The van der Waals surface area contributed by atoms with Gasteiger partial charge in [-0.15, -0.1) is 0 Å². The van der Waals surface area contributed by atoms with E-state index < -0.39 is 6.43 Å². The first kappa shape index (κ1) is 11.0. The molecule has 0 spiro atoms. The van der Waals surface area contributed by atoms with E-state index in [-0.39, 0.29) is 16.4 Å². The highest BCUT2D eigenvalue weighted by atomic mass is 35.5. The number of rotatable bonds is 2. The fourth-order valence-electron chi connectivity index (χ4n) is 1.44. The molecule has 0 aromatic carbocycles. The van der Waals surface area contributed by atoms with Gasteiger partial charge in [-0.25, -0.2) is 13.8 Å². The van der Waals surface area contributed by atoms with Crippen molar-refractivity contribution in [1.29, 1.82) is 0 Å². The second-order valence-corrected chi connectivity index (χ2v) is 3.61. The first-order valence-corrected chi connectivity index (χ1v) is 4.90. The quantitative estimate of drug-likeness (QED) is 0.759. The highest BCUT2D eigenvalue weighted by Gasteiger charge is 2.20. The van der Waals surface area contributed by atoms with Crippen LogP contribution in [0.4, 0.5) is 8.78 Å². The van der Waals surface area contributed by atoms with Crippen LogP contribution in [0.15, 0.2) is 24.5 Å². The standard InChI is InChI=1S/C10H8ClF2N3/c1-16-5-7(10(12)13)8(15-16)6-3-2-4-14-9(6)11/h2-5,10H,1H3. The van der Waals surface area contributed by atoms with Gasteiger partial charge in [-0.2, -0.15) is 5.10 Å². The molecule has 2 rings (SSSR count). The third-order valence-electron chi connectivity index (χ3n) is 2.11. The molecular formula is C10H8ClF2N3. The molecule has 0 radical (unpaired) electrons. The van der Waals surface area contributed by atoms with Crippen LogP contribution in [0.2, 0.25) is 5.15 Å². The molecule has 2 heterocycles. The van der Waals surface area contributed by atoms with Gasteiger partial charge in [0.25, 0.3) is 6.43 Å². The molecule has 2 aromatic rings. The Hall–Kier alpha value is -1.49. The van der Waals surface area contributed by atoms with Crippen molar-refractivity contribution in [3.8, 4) is 11.3 Å². The number of alkyl halides is 2. The number of aryl methyl sites for hydroxylation is 1. The molecule has 0 aliphatic heterocycles. The smallest absolute Gasteiger partial charge is 0.267 e. The van der Waals surface area contributed by atoms with E-state index in [9.17, 15) is 8.78 Å². The summed E-state index contributed by atoms with van der Waals surface area (Å²) in [5.41, 5.74) is 0.452. The molecule has 0 saturated heterocycles. The summed E-state index contributed by atoms with van der Waals surface area (Å²) in [6, 6.07) is 3.24. The molecule has 16 heavy (non-hydrogen) atoms. The first-order chi connectivity index (χ1) is 7.59. The minimum absolute atomic E-state index is 0.141. The minimum Gasteiger partial charge on any atom is -0.275 e. The van der Waals surface area contributed by atoms with Gasteiger partial charge in [0.15, 0.2) is 0 Å². The molecule has 0 saturated carbocycles. The Labute approximate surface area is 95.7 Å². The van der Waals surface area contributed by atoms with Crippen LogP contribution in [0.25, 0.3) is 11.3 Å². The van der Waals surface area contributed by atoms with E-state index in [0.29, 0.717) is 5.56 Å². The Bertz CT molecular complexity index is 511. The van der Waals surface area contributed by atoms with Crippen molar-refractivity contribution < 1.29 is 8.78 Å². The molecule has 0 atom stereocenters. The van der Waals surface area contributed by atoms with E-state index in [1.54, 1.807) is 19.2 Å². The zero-order valence-electron chi connectivity index (χ0n) is 8.36. The van der Waals surface area contributed by atoms with Gasteiger partial charge in [-0.1, -0.05) is 11.6 Å². The summed E-state index contributed by atoms with van der Waals surface area (Å²) in [5, 5.41) is 4.14. The van der Waals surface area contributed by atoms with Crippen LogP contribution in [-0.4, -0.2) is 14.8 Å². The summed E-state index contributed by atoms with van der Waals surface area (Å²) in [6.45, 7) is 0. The molecule has 0 N–H and O–H groups in total. The summed E-state index contributed by atoms with van der Waals surface area (Å²) in [6.07, 6.45) is 0.195. The summed E-state index contributed by atoms with van der Waals surface area (Å²) >= 11 is 5.84. The van der Waals surface area contributed by atoms with E-state index in [2.05, 4.69) is 10.1 Å². The van der Waals surface area contributed by atoms with Gasteiger partial charge in [0.2, 0.25) is 0 Å². The molecule has 84 valence electrons. The summed E-state index contributed by atoms with van der Waals surface area (Å²) < 4.78 is 26.8. The predicted molar refractivity (Wildman–Crippen MR) is 56.4 cm³/mol. The lowest BCUT2D eigenvalue weighted by molar-refractivity contribution is 0.152. The zero-order valence-corrected chi connectivity index (χ0v) is 9.12. The number of nitrogens with zero attached hydrogens (tertiary/aromatic N) is 3. The molecule has 0 aliphatic carbocycles. The van der Waals surface area contributed by atoms with Crippen LogP contribution < -0.4 is 0 Å². The van der Waals surface area contributed by atoms with Crippen molar-refractivity contribution in [2.75, 3.05) is 0 Å². The van der Waals surface area contributed by atoms with Crippen LogP contribution in [0.5, 0.6) is 0 Å². The second kappa shape index (κ2) is 4.17. The molecule has 0 bridgehead atoms. The number of aromatic nitrogens is 3. The third-order valence-corrected chi connectivity index (χ3v) is 2.41. The Morgan fingerprint density at radius 1 is 1.44 bits per heavy atom. The molecule has 0 aliphatic rings. The van der Waals surface area contributed by atoms with Gasteiger partial charge in [-0.05, 0) is 12.1 Å². The minimum atomic E-state index is -2.58. The average Bonchev–Trinajstić information content (AvgIpc) is 2.61. The maximum absolute atomic E-state index is 12.7. The first-order valence-electron chi connectivity index (χ1n) is 4.52. The molecule has 3 nitrogen and oxygen atoms in total. The van der Waals surface area contributed by atoms with Crippen LogP contribution in [0, 0.1) is 0 Å². The van der Waals surface area contributed by atoms with Crippen molar-refractivity contribution in [2.24, 2.45) is 7.05 Å². The fraction of sp³-hybridized carbons (Fsp3) is 0.200. The van der Waals surface area contributed by atoms with E-state index >= 15 is 0 Å². The highest BCUT2D eigenvalue weighted by Crippen LogP contribution is 2.32. The monoisotopic (exact) mass is 243 g/mol. The Morgan fingerprint density at radius 2 is 2.19 bits per heavy atom. The molecule has 0 amide bonds. The summed E-state index contributed by atoms with van der Waals surface area (Å²) in [4.78, 5) is 3.84. The molecule has 0 fully saturated rings. The fourth-order valence-corrected chi connectivity index (χ4v) is 1.65. The van der Waals surface area contributed by atoms with Crippen molar-refractivity contribution in [3.63, 3.8) is 0 Å². The topological polar surface area (TPSA) is 30.7 Å². The zero-order chi connectivity index (χ0) is 11.7. The van der Waals surface area contributed by atoms with E-state index in [4.69, 9.17) is 11.6 Å². The maximum Gasteiger partial charge on any atom is 0.267 e. The van der Waals surface area contributed by atoms with Gasteiger partial charge in [0.05, 0.1) is 5.56 Å². The SMILES string of the molecule is Cn1cc(C(F)F)c(-c2cccnc2Cl)n1. The second-order valence-electron chi connectivity index (χ2n) is 3.25. The number of pyridine rings is 1. The predicted octanol–water partition coefficient (Wildman–Crippen LogP) is 3.07. The van der Waals surface area contributed by atoms with Gasteiger partial charge in [0, 0.05) is 25.0 Å². The van der Waals surface area contributed by atoms with Gasteiger partial charge >= 0.3 is 0 Å². The van der Waals surface area contributed by atoms with Crippen molar-refractivity contribution in [2.45, 2.75) is 6.43 Å². The van der Waals surface area contributed by atoms with Crippen molar-refractivity contribution in [3.05, 3.63) is 35.2 Å². The highest BCUT2D eigenvalue weighted by molar-refractivity contribution is 6.32. The average molecular weight is 244 g/mol. The molecule has 6 heteroatoms. The van der Waals surface area contributed by atoms with E-state index in [1.807, 2.05) is 0 Å². The van der Waals surface area contributed by atoms with Gasteiger partial charge in [-0.3, -0.25) is 4.68 Å². The normalized spacial score (nSPS) is 11.1. The molecular weight excluding hydrogens is 236 g/mol. The maximum atomic E-state index is 12.7. The summed E-state index contributed by atoms with van der Waals surface area (Å²) in [5.74, 6) is 0. The number of halogens is 3. The Morgan fingerprint density at radius 3 is 2.81 bits per heavy atom. The number of hydrogen-bond donors (Lipinski definition) is 0. The van der Waals surface area contributed by atoms with Crippen LogP contribution in [0.1, 0.15) is 12.0 Å². The Balaban J connectivity index is 2.60. The van der Waals surface area contributed by atoms with Gasteiger partial charge in [0.1, 0.15) is 10.8 Å². The summed E-state index contributed by atoms with van der Waals surface area (Å²) in [7, 11) is 1.58. The third kappa shape index (κ3) is 1.90. The lowest BCUT2D eigenvalue weighted by Gasteiger charge is -2.02. The van der Waals surface area contributed by atoms with Crippen LogP contribution in [0.3, 0.4) is 0 Å². The van der Waals surface area contributed by atoms with Crippen molar-refractivity contribution >= 4 is 11.6 Å². The molecule has 2 aromatic heterocycles. The largest absolute Gasteiger partial charge is 0.275 e. The Kier molecular flexibility index (Phi) is 2.87. The van der Waals surface area contributed by atoms with Crippen molar-refractivity contribution in [1.82, 2.24) is 14.8 Å². The lowest BCUT2D eigenvalue weighted by Crippen LogP contribution is -1.90. The lowest BCUT2D eigenvalue weighted by atomic mass is 10.1. The van der Waals surface area contributed by atoms with E-state index in [1.165, 1.54) is 17.1 Å². The van der Waals surface area contributed by atoms with E-state index in [0.717, 1.165) is 0 Å². The van der Waals surface area contributed by atoms with Gasteiger partial charge < -0.3 is 0 Å². The number of hydrogen-bond acceptors (Lipinski definition) is 2.